The van der Waals surface area contributed by atoms with Crippen molar-refractivity contribution < 1.29 is 14.2 Å². The van der Waals surface area contributed by atoms with Gasteiger partial charge in [0.05, 0.1) is 0 Å². The lowest BCUT2D eigenvalue weighted by Gasteiger charge is -2.16. The molecule has 0 amide bonds. The zero-order valence-corrected chi connectivity index (χ0v) is 10.0. The molecule has 0 bridgehead atoms. The van der Waals surface area contributed by atoms with E-state index in [2.05, 4.69) is 5.32 Å². The number of methoxy groups -OCH3 is 2. The van der Waals surface area contributed by atoms with Gasteiger partial charge in [0.25, 0.3) is 0 Å². The third-order valence-electron chi connectivity index (χ3n) is 2.24. The van der Waals surface area contributed by atoms with Gasteiger partial charge in [-0.05, 0) is 13.1 Å². The van der Waals surface area contributed by atoms with Gasteiger partial charge in [0.2, 0.25) is 0 Å². The maximum absolute atomic E-state index is 5.64. The van der Waals surface area contributed by atoms with Gasteiger partial charge in [-0.15, -0.1) is 0 Å². The third-order valence-corrected chi connectivity index (χ3v) is 2.24. The summed E-state index contributed by atoms with van der Waals surface area (Å²) in [5.74, 6) is 0.857. The predicted molar refractivity (Wildman–Crippen MR) is 62.5 cm³/mol. The van der Waals surface area contributed by atoms with Crippen molar-refractivity contribution in [2.24, 2.45) is 0 Å². The third kappa shape index (κ3) is 3.81. The highest BCUT2D eigenvalue weighted by atomic mass is 16.7. The number of ether oxygens (including phenoxy) is 3. The Morgan fingerprint density at radius 1 is 1.19 bits per heavy atom. The maximum atomic E-state index is 5.64. The van der Waals surface area contributed by atoms with Crippen LogP contribution < -0.4 is 10.1 Å². The van der Waals surface area contributed by atoms with E-state index in [1.807, 2.05) is 31.3 Å². The van der Waals surface area contributed by atoms with Gasteiger partial charge in [0.15, 0.2) is 6.29 Å². The second-order valence-electron chi connectivity index (χ2n) is 3.35. The van der Waals surface area contributed by atoms with Gasteiger partial charge in [-0.25, -0.2) is 0 Å². The lowest BCUT2D eigenvalue weighted by molar-refractivity contribution is -0.122. The summed E-state index contributed by atoms with van der Waals surface area (Å²) < 4.78 is 15.8. The normalized spacial score (nSPS) is 10.8. The molecule has 0 saturated heterocycles. The summed E-state index contributed by atoms with van der Waals surface area (Å²) in [6.45, 7) is 1.16. The van der Waals surface area contributed by atoms with Crippen LogP contribution in [0.15, 0.2) is 24.3 Å². The van der Waals surface area contributed by atoms with Crippen molar-refractivity contribution in [3.63, 3.8) is 0 Å². The number of nitrogens with one attached hydrogen (secondary N) is 1. The molecule has 0 radical (unpaired) electrons. The van der Waals surface area contributed by atoms with Crippen LogP contribution >= 0.6 is 0 Å². The van der Waals surface area contributed by atoms with E-state index in [0.29, 0.717) is 6.61 Å². The van der Waals surface area contributed by atoms with E-state index in [9.17, 15) is 0 Å². The Labute approximate surface area is 96.5 Å². The van der Waals surface area contributed by atoms with E-state index in [-0.39, 0.29) is 6.29 Å². The first-order valence-corrected chi connectivity index (χ1v) is 5.22. The smallest absolute Gasteiger partial charge is 0.191 e. The van der Waals surface area contributed by atoms with Crippen molar-refractivity contribution in [1.29, 1.82) is 0 Å². The lowest BCUT2D eigenvalue weighted by atomic mass is 10.2. The van der Waals surface area contributed by atoms with E-state index in [4.69, 9.17) is 14.2 Å². The van der Waals surface area contributed by atoms with Gasteiger partial charge in [-0.3, -0.25) is 0 Å². The molecular formula is C12H19NO3. The standard InChI is InChI=1S/C12H19NO3/c1-13-8-10-6-4-5-7-11(10)16-9-12(14-2)15-3/h4-7,12-13H,8-9H2,1-3H3. The Hall–Kier alpha value is -1.10. The fourth-order valence-electron chi connectivity index (χ4n) is 1.37. The average Bonchev–Trinajstić information content (AvgIpc) is 2.33. The Bertz CT molecular complexity index is 300. The number of para-hydroxylation sites is 1. The molecule has 0 spiro atoms. The highest BCUT2D eigenvalue weighted by Gasteiger charge is 2.07. The van der Waals surface area contributed by atoms with Crippen molar-refractivity contribution in [3.05, 3.63) is 29.8 Å². The molecule has 0 aromatic heterocycles. The fourth-order valence-corrected chi connectivity index (χ4v) is 1.37. The van der Waals surface area contributed by atoms with E-state index >= 15 is 0 Å². The van der Waals surface area contributed by atoms with Crippen molar-refractivity contribution in [2.45, 2.75) is 12.8 Å². The highest BCUT2D eigenvalue weighted by Crippen LogP contribution is 2.17. The van der Waals surface area contributed by atoms with Crippen molar-refractivity contribution >= 4 is 0 Å². The first kappa shape index (κ1) is 13.0. The lowest BCUT2D eigenvalue weighted by Crippen LogP contribution is -2.22. The quantitative estimate of drug-likeness (QED) is 0.712. The molecule has 0 unspecified atom stereocenters. The van der Waals surface area contributed by atoms with Crippen LogP contribution in [0.2, 0.25) is 0 Å². The van der Waals surface area contributed by atoms with Crippen LogP contribution in [0.4, 0.5) is 0 Å². The van der Waals surface area contributed by atoms with Crippen LogP contribution in [0, 0.1) is 0 Å². The molecule has 4 heteroatoms. The van der Waals surface area contributed by atoms with E-state index in [1.165, 1.54) is 0 Å². The Kier molecular flexibility index (Phi) is 5.85. The SMILES string of the molecule is CNCc1ccccc1OCC(OC)OC. The number of hydrogen-bond acceptors (Lipinski definition) is 4. The van der Waals surface area contributed by atoms with Crippen molar-refractivity contribution in [3.8, 4) is 5.75 Å². The van der Waals surface area contributed by atoms with Crippen LogP contribution in [0.5, 0.6) is 5.75 Å². The molecule has 1 N–H and O–H groups in total. The van der Waals surface area contributed by atoms with Crippen LogP contribution in [0.1, 0.15) is 5.56 Å². The van der Waals surface area contributed by atoms with Crippen LogP contribution in [0.3, 0.4) is 0 Å². The second kappa shape index (κ2) is 7.22. The first-order valence-electron chi connectivity index (χ1n) is 5.22. The van der Waals surface area contributed by atoms with Gasteiger partial charge in [0, 0.05) is 26.3 Å². The molecule has 0 aliphatic heterocycles. The Morgan fingerprint density at radius 3 is 2.50 bits per heavy atom. The number of benzene rings is 1. The summed E-state index contributed by atoms with van der Waals surface area (Å²) in [5.41, 5.74) is 1.12. The molecule has 0 aliphatic rings. The summed E-state index contributed by atoms with van der Waals surface area (Å²) in [7, 11) is 5.10. The average molecular weight is 225 g/mol. The largest absolute Gasteiger partial charge is 0.488 e. The van der Waals surface area contributed by atoms with E-state index in [0.717, 1.165) is 17.9 Å². The minimum atomic E-state index is -0.331. The zero-order chi connectivity index (χ0) is 11.8. The molecule has 1 aromatic carbocycles. The Morgan fingerprint density at radius 2 is 1.88 bits per heavy atom. The first-order chi connectivity index (χ1) is 7.81. The van der Waals surface area contributed by atoms with E-state index < -0.39 is 0 Å². The van der Waals surface area contributed by atoms with Crippen LogP contribution in [-0.2, 0) is 16.0 Å². The Balaban J connectivity index is 2.58. The van der Waals surface area contributed by atoms with Gasteiger partial charge >= 0.3 is 0 Å². The number of rotatable bonds is 7. The minimum absolute atomic E-state index is 0.331. The molecule has 0 fully saturated rings. The molecule has 4 nitrogen and oxygen atoms in total. The maximum Gasteiger partial charge on any atom is 0.191 e. The van der Waals surface area contributed by atoms with Crippen LogP contribution in [-0.4, -0.2) is 34.2 Å². The predicted octanol–water partition coefficient (Wildman–Crippen LogP) is 1.40. The minimum Gasteiger partial charge on any atom is -0.488 e. The molecule has 90 valence electrons. The topological polar surface area (TPSA) is 39.7 Å². The second-order valence-corrected chi connectivity index (χ2v) is 3.35. The summed E-state index contributed by atoms with van der Waals surface area (Å²) in [6.07, 6.45) is -0.331. The summed E-state index contributed by atoms with van der Waals surface area (Å²) >= 11 is 0. The molecule has 0 heterocycles. The van der Waals surface area contributed by atoms with E-state index in [1.54, 1.807) is 14.2 Å². The van der Waals surface area contributed by atoms with Gasteiger partial charge in [-0.1, -0.05) is 18.2 Å². The van der Waals surface area contributed by atoms with Crippen molar-refractivity contribution in [1.82, 2.24) is 5.32 Å². The summed E-state index contributed by atoms with van der Waals surface area (Å²) in [5, 5.41) is 3.10. The molecule has 1 rings (SSSR count). The van der Waals surface area contributed by atoms with Crippen molar-refractivity contribution in [2.75, 3.05) is 27.9 Å². The highest BCUT2D eigenvalue weighted by molar-refractivity contribution is 5.33. The molecule has 1 aromatic rings. The van der Waals surface area contributed by atoms with Crippen LogP contribution in [0.25, 0.3) is 0 Å². The molecule has 0 atom stereocenters. The molecule has 0 saturated carbocycles. The van der Waals surface area contributed by atoms with Gasteiger partial charge < -0.3 is 19.5 Å². The molecule has 16 heavy (non-hydrogen) atoms. The molecular weight excluding hydrogens is 206 g/mol. The zero-order valence-electron chi connectivity index (χ0n) is 10.0. The monoisotopic (exact) mass is 225 g/mol. The van der Waals surface area contributed by atoms with Gasteiger partial charge in [-0.2, -0.15) is 0 Å². The number of hydrogen-bond donors (Lipinski definition) is 1. The summed E-state index contributed by atoms with van der Waals surface area (Å²) in [4.78, 5) is 0. The summed E-state index contributed by atoms with van der Waals surface area (Å²) in [6, 6.07) is 7.91. The van der Waals surface area contributed by atoms with Gasteiger partial charge in [0.1, 0.15) is 12.4 Å². The fraction of sp³-hybridized carbons (Fsp3) is 0.500. The molecule has 0 aliphatic carbocycles.